The summed E-state index contributed by atoms with van der Waals surface area (Å²) in [5.41, 5.74) is 3.28. The Morgan fingerprint density at radius 2 is 2.00 bits per heavy atom. The zero-order valence-corrected chi connectivity index (χ0v) is 17.9. The maximum atomic E-state index is 6.32. The number of para-hydroxylation sites is 1. The van der Waals surface area contributed by atoms with E-state index in [9.17, 15) is 0 Å². The molecule has 0 saturated heterocycles. The molecule has 5 rings (SSSR count). The highest BCUT2D eigenvalue weighted by Crippen LogP contribution is 2.44. The molecule has 0 fully saturated rings. The Balaban J connectivity index is 1.60. The predicted octanol–water partition coefficient (Wildman–Crippen LogP) is 5.04. The van der Waals surface area contributed by atoms with Crippen LogP contribution in [0.25, 0.3) is 11.3 Å². The van der Waals surface area contributed by atoms with Gasteiger partial charge in [0.05, 0.1) is 0 Å². The lowest BCUT2D eigenvalue weighted by Crippen LogP contribution is -2.17. The minimum Gasteiger partial charge on any atom is -0.454 e. The summed E-state index contributed by atoms with van der Waals surface area (Å²) in [6, 6.07) is 11.7. The Morgan fingerprint density at radius 1 is 1.17 bits per heavy atom. The second-order valence-corrected chi connectivity index (χ2v) is 8.43. The smallest absolute Gasteiger partial charge is 0.247 e. The summed E-state index contributed by atoms with van der Waals surface area (Å²) in [6.07, 6.45) is 0.533. The molecule has 1 atom stereocenters. The molecule has 0 aliphatic carbocycles. The first-order chi connectivity index (χ1) is 14.2. The maximum Gasteiger partial charge on any atom is 0.247 e. The maximum absolute atomic E-state index is 6.32. The van der Waals surface area contributed by atoms with Crippen molar-refractivity contribution in [1.29, 1.82) is 0 Å². The molecule has 2 aliphatic rings. The zero-order valence-electron chi connectivity index (χ0n) is 15.5. The number of rotatable bonds is 4. The van der Waals surface area contributed by atoms with Gasteiger partial charge in [0.1, 0.15) is 0 Å². The number of benzene rings is 2. The van der Waals surface area contributed by atoms with Crippen molar-refractivity contribution in [3.63, 3.8) is 0 Å². The first kappa shape index (κ1) is 18.5. The van der Waals surface area contributed by atoms with Crippen molar-refractivity contribution in [2.45, 2.75) is 24.7 Å². The van der Waals surface area contributed by atoms with Gasteiger partial charge in [-0.15, -0.1) is 10.2 Å². The molecule has 3 heterocycles. The molecule has 2 aliphatic heterocycles. The summed E-state index contributed by atoms with van der Waals surface area (Å²) in [7, 11) is 0. The largest absolute Gasteiger partial charge is 0.454 e. The van der Waals surface area contributed by atoms with Gasteiger partial charge < -0.3 is 19.5 Å². The van der Waals surface area contributed by atoms with Gasteiger partial charge in [-0.2, -0.15) is 4.98 Å². The Hall–Kier alpha value is -2.52. The van der Waals surface area contributed by atoms with E-state index in [-0.39, 0.29) is 6.79 Å². The average molecular weight is 473 g/mol. The highest BCUT2D eigenvalue weighted by Gasteiger charge is 2.29. The van der Waals surface area contributed by atoms with Crippen LogP contribution in [-0.4, -0.2) is 27.7 Å². The molecular formula is C20H17BrN4O3S. The second kappa shape index (κ2) is 7.72. The van der Waals surface area contributed by atoms with E-state index >= 15 is 0 Å². The number of hydrogen-bond acceptors (Lipinski definition) is 8. The fourth-order valence-electron chi connectivity index (χ4n) is 3.18. The lowest BCUT2D eigenvalue weighted by Gasteiger charge is -2.20. The molecule has 29 heavy (non-hydrogen) atoms. The van der Waals surface area contributed by atoms with E-state index in [1.165, 1.54) is 0 Å². The molecule has 3 aromatic rings. The van der Waals surface area contributed by atoms with Crippen LogP contribution in [0.3, 0.4) is 0 Å². The molecular weight excluding hydrogens is 456 g/mol. The van der Waals surface area contributed by atoms with Crippen LogP contribution in [0.1, 0.15) is 25.1 Å². The van der Waals surface area contributed by atoms with Gasteiger partial charge in [0.25, 0.3) is 0 Å². The van der Waals surface area contributed by atoms with Gasteiger partial charge in [-0.05, 0) is 24.6 Å². The van der Waals surface area contributed by atoms with Crippen molar-refractivity contribution < 1.29 is 14.2 Å². The third kappa shape index (κ3) is 3.49. The number of nitrogens with zero attached hydrogens (tertiary/aromatic N) is 3. The SMILES string of the molecule is CCCSc1nnc2c(n1)O[C@@H](c1cc3c(cc1Br)OCO3)Nc1ccccc1-2. The topological polar surface area (TPSA) is 78.4 Å². The van der Waals surface area contributed by atoms with E-state index in [4.69, 9.17) is 14.2 Å². The van der Waals surface area contributed by atoms with Crippen LogP contribution in [0, 0.1) is 0 Å². The number of thioether (sulfide) groups is 1. The molecule has 1 N–H and O–H groups in total. The number of nitrogens with one attached hydrogen (secondary N) is 1. The summed E-state index contributed by atoms with van der Waals surface area (Å²) in [5, 5.41) is 12.8. The van der Waals surface area contributed by atoms with Crippen molar-refractivity contribution in [1.82, 2.24) is 15.2 Å². The number of fused-ring (bicyclic) bond motifs is 4. The van der Waals surface area contributed by atoms with Crippen LogP contribution in [0.4, 0.5) is 5.69 Å². The Kier molecular flexibility index (Phi) is 4.92. The first-order valence-corrected chi connectivity index (χ1v) is 11.0. The molecule has 0 unspecified atom stereocenters. The third-order valence-corrected chi connectivity index (χ3v) is 6.27. The second-order valence-electron chi connectivity index (χ2n) is 6.51. The molecule has 9 heteroatoms. The number of anilines is 1. The lowest BCUT2D eigenvalue weighted by atomic mass is 10.1. The van der Waals surface area contributed by atoms with E-state index in [0.29, 0.717) is 28.2 Å². The number of hydrogen-bond donors (Lipinski definition) is 1. The lowest BCUT2D eigenvalue weighted by molar-refractivity contribution is 0.173. The summed E-state index contributed by atoms with van der Waals surface area (Å²) in [6.45, 7) is 2.33. The van der Waals surface area contributed by atoms with Gasteiger partial charge in [0, 0.05) is 27.0 Å². The van der Waals surface area contributed by atoms with Gasteiger partial charge in [0.15, 0.2) is 23.4 Å². The highest BCUT2D eigenvalue weighted by atomic mass is 79.9. The van der Waals surface area contributed by atoms with Gasteiger partial charge in [-0.25, -0.2) is 0 Å². The van der Waals surface area contributed by atoms with Crippen molar-refractivity contribution in [2.24, 2.45) is 0 Å². The van der Waals surface area contributed by atoms with Crippen molar-refractivity contribution >= 4 is 33.4 Å². The quantitative estimate of drug-likeness (QED) is 0.529. The third-order valence-electron chi connectivity index (χ3n) is 4.54. The van der Waals surface area contributed by atoms with Gasteiger partial charge in [-0.1, -0.05) is 52.8 Å². The van der Waals surface area contributed by atoms with Gasteiger partial charge >= 0.3 is 0 Å². The normalized spacial score (nSPS) is 16.3. The summed E-state index contributed by atoms with van der Waals surface area (Å²) in [5.74, 6) is 2.76. The molecule has 0 amide bonds. The van der Waals surface area contributed by atoms with E-state index < -0.39 is 6.23 Å². The highest BCUT2D eigenvalue weighted by molar-refractivity contribution is 9.10. The van der Waals surface area contributed by atoms with E-state index in [0.717, 1.165) is 33.5 Å². The van der Waals surface area contributed by atoms with Gasteiger partial charge in [-0.3, -0.25) is 0 Å². The first-order valence-electron chi connectivity index (χ1n) is 9.22. The van der Waals surface area contributed by atoms with Crippen molar-refractivity contribution in [2.75, 3.05) is 17.9 Å². The molecule has 148 valence electrons. The number of ether oxygens (including phenoxy) is 3. The van der Waals surface area contributed by atoms with Crippen LogP contribution in [0.5, 0.6) is 17.4 Å². The van der Waals surface area contributed by atoms with Crippen LogP contribution >= 0.6 is 27.7 Å². The molecule has 1 aromatic heterocycles. The van der Waals surface area contributed by atoms with Crippen LogP contribution in [0.2, 0.25) is 0 Å². The zero-order chi connectivity index (χ0) is 19.8. The summed E-state index contributed by atoms with van der Waals surface area (Å²) in [4.78, 5) is 4.64. The molecule has 7 nitrogen and oxygen atoms in total. The fourth-order valence-corrected chi connectivity index (χ4v) is 4.34. The standard InChI is InChI=1S/C20H17BrN4O3S/c1-2-7-29-20-23-19-17(24-25-20)11-5-3-4-6-14(11)22-18(28-19)12-8-15-16(9-13(12)21)27-10-26-15/h3-6,8-9,18,22H,2,7,10H2,1H3/t18-/m0/s1. The van der Waals surface area contributed by atoms with Crippen LogP contribution in [0.15, 0.2) is 46.0 Å². The predicted molar refractivity (Wildman–Crippen MR) is 114 cm³/mol. The van der Waals surface area contributed by atoms with Crippen molar-refractivity contribution in [3.05, 3.63) is 46.4 Å². The fraction of sp³-hybridized carbons (Fsp3) is 0.250. The number of aromatic nitrogens is 3. The summed E-state index contributed by atoms with van der Waals surface area (Å²) < 4.78 is 18.2. The Bertz CT molecular complexity index is 1080. The molecule has 0 saturated carbocycles. The summed E-state index contributed by atoms with van der Waals surface area (Å²) >= 11 is 5.20. The van der Waals surface area contributed by atoms with Crippen LogP contribution < -0.4 is 19.5 Å². The molecule has 0 bridgehead atoms. The number of halogens is 1. The monoisotopic (exact) mass is 472 g/mol. The van der Waals surface area contributed by atoms with Gasteiger partial charge in [0.2, 0.25) is 17.8 Å². The molecule has 0 radical (unpaired) electrons. The minimum absolute atomic E-state index is 0.213. The van der Waals surface area contributed by atoms with E-state index in [2.05, 4.69) is 43.4 Å². The molecule has 2 aromatic carbocycles. The van der Waals surface area contributed by atoms with E-state index in [1.807, 2.05) is 36.4 Å². The Labute approximate surface area is 180 Å². The minimum atomic E-state index is -0.498. The van der Waals surface area contributed by atoms with E-state index in [1.54, 1.807) is 11.8 Å². The van der Waals surface area contributed by atoms with Crippen LogP contribution in [-0.2, 0) is 0 Å². The van der Waals surface area contributed by atoms with Crippen molar-refractivity contribution in [3.8, 4) is 28.6 Å². The Morgan fingerprint density at radius 3 is 2.86 bits per heavy atom. The average Bonchev–Trinajstić information content (AvgIpc) is 3.12. The molecule has 0 spiro atoms.